The van der Waals surface area contributed by atoms with Crippen LogP contribution in [0.2, 0.25) is 0 Å². The van der Waals surface area contributed by atoms with Crippen LogP contribution in [0.25, 0.3) is 0 Å². The molecule has 3 rings (SSSR count). The Labute approximate surface area is 179 Å². The summed E-state index contributed by atoms with van der Waals surface area (Å²) in [6, 6.07) is -0.890. The maximum atomic E-state index is 12.5. The molecule has 30 heavy (non-hydrogen) atoms. The fraction of sp³-hybridized carbons (Fsp3) is 0.792. The molecule has 0 aromatic rings. The summed E-state index contributed by atoms with van der Waals surface area (Å²) in [5.41, 5.74) is 7.04. The fourth-order valence-corrected chi connectivity index (χ4v) is 6.57. The van der Waals surface area contributed by atoms with Crippen molar-refractivity contribution in [3.63, 3.8) is 0 Å². The quantitative estimate of drug-likeness (QED) is 0.457. The van der Waals surface area contributed by atoms with Crippen molar-refractivity contribution in [2.75, 3.05) is 6.61 Å². The highest BCUT2D eigenvalue weighted by Crippen LogP contribution is 2.62. The number of Topliss-reactive ketones (excluding diaryl/α,β-unsaturated/α-hetero) is 1. The van der Waals surface area contributed by atoms with Crippen LogP contribution in [-0.2, 0) is 19.1 Å². The topological polar surface area (TPSA) is 107 Å². The third-order valence-electron chi connectivity index (χ3n) is 8.66. The van der Waals surface area contributed by atoms with Crippen molar-refractivity contribution in [2.45, 2.75) is 84.6 Å². The molecule has 0 saturated heterocycles. The normalized spacial score (nSPS) is 36.5. The van der Waals surface area contributed by atoms with E-state index < -0.39 is 18.0 Å². The fourth-order valence-electron chi connectivity index (χ4n) is 6.57. The van der Waals surface area contributed by atoms with E-state index in [4.69, 9.17) is 15.6 Å². The first kappa shape index (κ1) is 23.0. The Balaban J connectivity index is 1.63. The lowest BCUT2D eigenvalue weighted by Crippen LogP contribution is -2.48. The number of ether oxygens (including phenoxy) is 1. The van der Waals surface area contributed by atoms with Crippen molar-refractivity contribution in [3.8, 4) is 0 Å². The summed E-state index contributed by atoms with van der Waals surface area (Å²) in [5.74, 6) is 0.603. The van der Waals surface area contributed by atoms with Gasteiger partial charge in [-0.3, -0.25) is 14.4 Å². The molecule has 4 unspecified atom stereocenters. The second-order valence-electron chi connectivity index (χ2n) is 9.99. The van der Waals surface area contributed by atoms with Crippen molar-refractivity contribution < 1.29 is 24.2 Å². The zero-order valence-electron chi connectivity index (χ0n) is 18.6. The molecular formula is C24H37NO5. The molecule has 3 aliphatic carbocycles. The zero-order valence-corrected chi connectivity index (χ0v) is 18.6. The molecule has 0 bridgehead atoms. The highest BCUT2D eigenvalue weighted by atomic mass is 16.5. The molecule has 0 aliphatic heterocycles. The SMILES string of the molecule is CC[C@@]1(C)C(CCOC(=O)C(N)CCC(=O)O)=CCC2C1CC[C@]1(C)C(=O)CCC21. The van der Waals surface area contributed by atoms with E-state index in [-0.39, 0.29) is 30.3 Å². The molecule has 0 aromatic heterocycles. The maximum absolute atomic E-state index is 12.5. The number of carbonyl (C=O) groups excluding carboxylic acids is 2. The molecule has 6 heteroatoms. The van der Waals surface area contributed by atoms with Gasteiger partial charge in [-0.25, -0.2) is 0 Å². The Morgan fingerprint density at radius 2 is 2.03 bits per heavy atom. The molecule has 168 valence electrons. The number of ketones is 1. The van der Waals surface area contributed by atoms with E-state index in [0.717, 1.165) is 38.5 Å². The van der Waals surface area contributed by atoms with Gasteiger partial charge in [-0.05, 0) is 61.7 Å². The smallest absolute Gasteiger partial charge is 0.322 e. The van der Waals surface area contributed by atoms with E-state index in [9.17, 15) is 14.4 Å². The number of hydrogen-bond donors (Lipinski definition) is 2. The van der Waals surface area contributed by atoms with Gasteiger partial charge >= 0.3 is 11.9 Å². The second kappa shape index (κ2) is 8.81. The van der Waals surface area contributed by atoms with Crippen LogP contribution >= 0.6 is 0 Å². The lowest BCUT2D eigenvalue weighted by Gasteiger charge is -2.55. The summed E-state index contributed by atoms with van der Waals surface area (Å²) in [7, 11) is 0. The first-order valence-electron chi connectivity index (χ1n) is 11.5. The average Bonchev–Trinajstić information content (AvgIpc) is 3.02. The third kappa shape index (κ3) is 4.08. The predicted molar refractivity (Wildman–Crippen MR) is 114 cm³/mol. The van der Waals surface area contributed by atoms with Crippen LogP contribution in [0.3, 0.4) is 0 Å². The van der Waals surface area contributed by atoms with E-state index in [1.165, 1.54) is 5.57 Å². The lowest BCUT2D eigenvalue weighted by molar-refractivity contribution is -0.145. The number of hydrogen-bond acceptors (Lipinski definition) is 5. The van der Waals surface area contributed by atoms with E-state index in [0.29, 0.717) is 30.0 Å². The average molecular weight is 420 g/mol. The standard InChI is InChI=1S/C24H37NO5/c1-4-23(2)15(12-14-30-22(29)19(25)8-10-21(27)28)5-6-16-17-7-9-20(26)24(17,3)13-11-18(16)23/h5,16-19H,4,6-14,25H2,1-3H3,(H,27,28)/t16?,17?,18?,19?,23-,24-/m0/s1. The van der Waals surface area contributed by atoms with Gasteiger partial charge in [0.15, 0.2) is 0 Å². The molecular weight excluding hydrogens is 382 g/mol. The number of aliphatic carboxylic acids is 1. The van der Waals surface area contributed by atoms with E-state index >= 15 is 0 Å². The van der Waals surface area contributed by atoms with E-state index in [1.54, 1.807) is 0 Å². The van der Waals surface area contributed by atoms with Gasteiger partial charge in [-0.1, -0.05) is 32.4 Å². The van der Waals surface area contributed by atoms with Crippen LogP contribution < -0.4 is 5.73 Å². The Morgan fingerprint density at radius 3 is 2.70 bits per heavy atom. The molecule has 6 atom stereocenters. The van der Waals surface area contributed by atoms with Crippen molar-refractivity contribution >= 4 is 17.7 Å². The number of allylic oxidation sites excluding steroid dienone is 1. The number of nitrogens with two attached hydrogens (primary N) is 1. The lowest BCUT2D eigenvalue weighted by atomic mass is 9.49. The van der Waals surface area contributed by atoms with Crippen molar-refractivity contribution in [1.82, 2.24) is 0 Å². The number of carboxylic acids is 1. The number of esters is 1. The first-order chi connectivity index (χ1) is 14.1. The van der Waals surface area contributed by atoms with Gasteiger partial charge in [0, 0.05) is 24.7 Å². The molecule has 3 aliphatic rings. The predicted octanol–water partition coefficient (Wildman–Crippen LogP) is 3.87. The van der Waals surface area contributed by atoms with Crippen molar-refractivity contribution in [1.29, 1.82) is 0 Å². The van der Waals surface area contributed by atoms with Gasteiger partial charge in [0.1, 0.15) is 11.8 Å². The van der Waals surface area contributed by atoms with Gasteiger partial charge in [0.2, 0.25) is 0 Å². The van der Waals surface area contributed by atoms with Crippen LogP contribution in [0.4, 0.5) is 0 Å². The summed E-state index contributed by atoms with van der Waals surface area (Å²) < 4.78 is 5.37. The van der Waals surface area contributed by atoms with E-state index in [2.05, 4.69) is 26.8 Å². The molecule has 2 fully saturated rings. The summed E-state index contributed by atoms with van der Waals surface area (Å²) in [6.45, 7) is 7.05. The Morgan fingerprint density at radius 1 is 1.30 bits per heavy atom. The molecule has 6 nitrogen and oxygen atoms in total. The largest absolute Gasteiger partial charge is 0.481 e. The van der Waals surface area contributed by atoms with E-state index in [1.807, 2.05) is 0 Å². The van der Waals surface area contributed by atoms with Gasteiger partial charge in [-0.2, -0.15) is 0 Å². The highest BCUT2D eigenvalue weighted by Gasteiger charge is 2.57. The molecule has 0 amide bonds. The first-order valence-corrected chi connectivity index (χ1v) is 11.5. The maximum Gasteiger partial charge on any atom is 0.322 e. The van der Waals surface area contributed by atoms with Crippen LogP contribution in [0.15, 0.2) is 11.6 Å². The molecule has 2 saturated carbocycles. The Hall–Kier alpha value is -1.69. The van der Waals surface area contributed by atoms with Crippen LogP contribution in [-0.4, -0.2) is 35.5 Å². The Bertz CT molecular complexity index is 731. The summed E-state index contributed by atoms with van der Waals surface area (Å²) >= 11 is 0. The Kier molecular flexibility index (Phi) is 6.75. The number of carbonyl (C=O) groups is 3. The number of fused-ring (bicyclic) bond motifs is 3. The van der Waals surface area contributed by atoms with Crippen molar-refractivity contribution in [2.24, 2.45) is 34.3 Å². The third-order valence-corrected chi connectivity index (χ3v) is 8.66. The molecule has 0 spiro atoms. The summed E-state index contributed by atoms with van der Waals surface area (Å²) in [4.78, 5) is 35.2. The molecule has 0 aromatic carbocycles. The number of rotatable bonds is 8. The highest BCUT2D eigenvalue weighted by molar-refractivity contribution is 5.87. The summed E-state index contributed by atoms with van der Waals surface area (Å²) in [5, 5.41) is 8.72. The molecule has 0 heterocycles. The minimum absolute atomic E-state index is 0.0632. The minimum atomic E-state index is -0.966. The van der Waals surface area contributed by atoms with Crippen LogP contribution in [0, 0.1) is 28.6 Å². The molecule has 0 radical (unpaired) electrons. The minimum Gasteiger partial charge on any atom is -0.481 e. The zero-order chi connectivity index (χ0) is 22.1. The van der Waals surface area contributed by atoms with Crippen LogP contribution in [0.5, 0.6) is 0 Å². The second-order valence-corrected chi connectivity index (χ2v) is 9.99. The summed E-state index contributed by atoms with van der Waals surface area (Å²) in [6.07, 6.45) is 8.88. The monoisotopic (exact) mass is 419 g/mol. The van der Waals surface area contributed by atoms with Crippen molar-refractivity contribution in [3.05, 3.63) is 11.6 Å². The number of carboxylic acid groups (broad SMARTS) is 1. The van der Waals surface area contributed by atoms with Gasteiger partial charge in [0.05, 0.1) is 6.61 Å². The van der Waals surface area contributed by atoms with Gasteiger partial charge in [-0.15, -0.1) is 0 Å². The van der Waals surface area contributed by atoms with Gasteiger partial charge < -0.3 is 15.6 Å². The van der Waals surface area contributed by atoms with Crippen LogP contribution in [0.1, 0.15) is 78.6 Å². The molecule has 3 N–H and O–H groups in total. The van der Waals surface area contributed by atoms with Gasteiger partial charge in [0.25, 0.3) is 0 Å².